The summed E-state index contributed by atoms with van der Waals surface area (Å²) >= 11 is 0. The second kappa shape index (κ2) is 6.79. The third-order valence-electron chi connectivity index (χ3n) is 3.38. The number of rotatable bonds is 4. The second-order valence-corrected chi connectivity index (χ2v) is 5.05. The van der Waals surface area contributed by atoms with E-state index in [-0.39, 0.29) is 6.61 Å². The molecule has 1 aromatic rings. The van der Waals surface area contributed by atoms with Crippen LogP contribution in [0.3, 0.4) is 0 Å². The van der Waals surface area contributed by atoms with Crippen LogP contribution in [-0.4, -0.2) is 64.2 Å². The Morgan fingerprint density at radius 1 is 1.21 bits per heavy atom. The number of nitrogens with two attached hydrogens (primary N) is 1. The van der Waals surface area contributed by atoms with Crippen LogP contribution >= 0.6 is 0 Å². The molecule has 1 aliphatic heterocycles. The van der Waals surface area contributed by atoms with Gasteiger partial charge in [-0.2, -0.15) is 0 Å². The van der Waals surface area contributed by atoms with Crippen molar-refractivity contribution in [2.24, 2.45) is 0 Å². The lowest BCUT2D eigenvalue weighted by atomic mass is 10.3. The van der Waals surface area contributed by atoms with Crippen molar-refractivity contribution in [1.29, 1.82) is 0 Å². The van der Waals surface area contributed by atoms with Gasteiger partial charge in [-0.25, -0.2) is 9.97 Å². The van der Waals surface area contributed by atoms with E-state index in [4.69, 9.17) is 10.8 Å². The molecule has 2 heterocycles. The van der Waals surface area contributed by atoms with Gasteiger partial charge in [0.2, 0.25) is 0 Å². The largest absolute Gasteiger partial charge is 0.395 e. The summed E-state index contributed by atoms with van der Waals surface area (Å²) in [6, 6.07) is 1.79. The number of nitrogen functional groups attached to an aromatic ring is 1. The van der Waals surface area contributed by atoms with Gasteiger partial charge in [-0.3, -0.25) is 9.80 Å². The molecule has 0 amide bonds. The number of aliphatic hydroxyl groups is 1. The molecule has 0 aliphatic carbocycles. The number of aryl methyl sites for hydroxylation is 1. The van der Waals surface area contributed by atoms with E-state index < -0.39 is 0 Å². The van der Waals surface area contributed by atoms with Crippen molar-refractivity contribution >= 4 is 5.82 Å². The molecule has 6 heteroatoms. The molecule has 1 fully saturated rings. The highest BCUT2D eigenvalue weighted by atomic mass is 16.3. The van der Waals surface area contributed by atoms with Gasteiger partial charge in [0, 0.05) is 31.4 Å². The maximum Gasteiger partial charge on any atom is 0.144 e. The third kappa shape index (κ3) is 4.41. The Hall–Kier alpha value is -1.24. The molecule has 19 heavy (non-hydrogen) atoms. The van der Waals surface area contributed by atoms with Gasteiger partial charge in [-0.05, 0) is 26.4 Å². The number of aliphatic hydroxyl groups excluding tert-OH is 1. The molecule has 0 spiro atoms. The minimum atomic E-state index is 0.234. The number of anilines is 1. The maximum atomic E-state index is 8.98. The molecular formula is C13H23N5O. The Morgan fingerprint density at radius 2 is 1.95 bits per heavy atom. The van der Waals surface area contributed by atoms with E-state index in [1.807, 2.05) is 6.92 Å². The average Bonchev–Trinajstić information content (AvgIpc) is 2.54. The SMILES string of the molecule is Cc1cc(N)nc(CN2CCCN(CCO)CC2)n1. The molecule has 0 radical (unpaired) electrons. The molecule has 0 aromatic carbocycles. The minimum absolute atomic E-state index is 0.234. The molecule has 1 saturated heterocycles. The topological polar surface area (TPSA) is 78.5 Å². The molecule has 106 valence electrons. The van der Waals surface area contributed by atoms with E-state index >= 15 is 0 Å². The van der Waals surface area contributed by atoms with Gasteiger partial charge in [-0.15, -0.1) is 0 Å². The molecule has 2 rings (SSSR count). The molecule has 0 saturated carbocycles. The summed E-state index contributed by atoms with van der Waals surface area (Å²) in [5.41, 5.74) is 6.67. The highest BCUT2D eigenvalue weighted by Crippen LogP contribution is 2.08. The van der Waals surface area contributed by atoms with Gasteiger partial charge in [-0.1, -0.05) is 0 Å². The number of β-amino-alcohol motifs (C(OH)–C–C–N with tert-alkyl or cyclic N) is 1. The van der Waals surface area contributed by atoms with Crippen molar-refractivity contribution in [1.82, 2.24) is 19.8 Å². The fourth-order valence-electron chi connectivity index (χ4n) is 2.47. The molecule has 0 atom stereocenters. The van der Waals surface area contributed by atoms with Crippen LogP contribution in [0.25, 0.3) is 0 Å². The first-order valence-corrected chi connectivity index (χ1v) is 6.83. The number of hydrogen-bond acceptors (Lipinski definition) is 6. The summed E-state index contributed by atoms with van der Waals surface area (Å²) in [6.45, 7) is 7.75. The van der Waals surface area contributed by atoms with Crippen LogP contribution in [-0.2, 0) is 6.54 Å². The van der Waals surface area contributed by atoms with E-state index in [2.05, 4.69) is 19.8 Å². The lowest BCUT2D eigenvalue weighted by molar-refractivity contribution is 0.195. The number of hydrogen-bond donors (Lipinski definition) is 2. The molecule has 6 nitrogen and oxygen atoms in total. The summed E-state index contributed by atoms with van der Waals surface area (Å²) in [5.74, 6) is 1.34. The second-order valence-electron chi connectivity index (χ2n) is 5.05. The summed E-state index contributed by atoms with van der Waals surface area (Å²) in [6.07, 6.45) is 1.11. The lowest BCUT2D eigenvalue weighted by Crippen LogP contribution is -2.32. The summed E-state index contributed by atoms with van der Waals surface area (Å²) in [4.78, 5) is 13.4. The van der Waals surface area contributed by atoms with Crippen LogP contribution in [0.4, 0.5) is 5.82 Å². The van der Waals surface area contributed by atoms with E-state index in [1.165, 1.54) is 0 Å². The van der Waals surface area contributed by atoms with Gasteiger partial charge >= 0.3 is 0 Å². The molecule has 3 N–H and O–H groups in total. The van der Waals surface area contributed by atoms with E-state index in [0.29, 0.717) is 5.82 Å². The van der Waals surface area contributed by atoms with Crippen molar-refractivity contribution < 1.29 is 5.11 Å². The first-order chi connectivity index (χ1) is 9.17. The third-order valence-corrected chi connectivity index (χ3v) is 3.38. The quantitative estimate of drug-likeness (QED) is 0.789. The van der Waals surface area contributed by atoms with Crippen molar-refractivity contribution in [3.05, 3.63) is 17.6 Å². The highest BCUT2D eigenvalue weighted by Gasteiger charge is 2.15. The van der Waals surface area contributed by atoms with E-state index in [0.717, 1.165) is 57.2 Å². The smallest absolute Gasteiger partial charge is 0.144 e. The first-order valence-electron chi connectivity index (χ1n) is 6.83. The van der Waals surface area contributed by atoms with Crippen LogP contribution in [0, 0.1) is 6.92 Å². The highest BCUT2D eigenvalue weighted by molar-refractivity contribution is 5.29. The van der Waals surface area contributed by atoms with Crippen molar-refractivity contribution in [2.75, 3.05) is 45.1 Å². The lowest BCUT2D eigenvalue weighted by Gasteiger charge is -2.20. The average molecular weight is 265 g/mol. The molecule has 0 bridgehead atoms. The summed E-state index contributed by atoms with van der Waals surface area (Å²) in [5, 5.41) is 8.98. The Bertz CT molecular complexity index is 392. The van der Waals surface area contributed by atoms with Crippen molar-refractivity contribution in [3.63, 3.8) is 0 Å². The number of aromatic nitrogens is 2. The normalized spacial score (nSPS) is 18.4. The fourth-order valence-corrected chi connectivity index (χ4v) is 2.47. The fraction of sp³-hybridized carbons (Fsp3) is 0.692. The van der Waals surface area contributed by atoms with Gasteiger partial charge in [0.05, 0.1) is 13.2 Å². The summed E-state index contributed by atoms with van der Waals surface area (Å²) < 4.78 is 0. The Balaban J connectivity index is 1.92. The Morgan fingerprint density at radius 3 is 2.68 bits per heavy atom. The summed E-state index contributed by atoms with van der Waals surface area (Å²) in [7, 11) is 0. The van der Waals surface area contributed by atoms with Crippen LogP contribution in [0.15, 0.2) is 6.07 Å². The monoisotopic (exact) mass is 265 g/mol. The van der Waals surface area contributed by atoms with Crippen LogP contribution in [0.1, 0.15) is 17.9 Å². The van der Waals surface area contributed by atoms with E-state index in [1.54, 1.807) is 6.07 Å². The zero-order valence-electron chi connectivity index (χ0n) is 11.5. The predicted octanol–water partition coefficient (Wildman–Crippen LogP) is -0.133. The molecule has 1 aromatic heterocycles. The zero-order chi connectivity index (χ0) is 13.7. The van der Waals surface area contributed by atoms with Crippen LogP contribution < -0.4 is 5.73 Å². The van der Waals surface area contributed by atoms with Gasteiger partial charge in [0.25, 0.3) is 0 Å². The number of nitrogens with zero attached hydrogens (tertiary/aromatic N) is 4. The van der Waals surface area contributed by atoms with Crippen LogP contribution in [0.2, 0.25) is 0 Å². The predicted molar refractivity (Wildman–Crippen MR) is 74.6 cm³/mol. The minimum Gasteiger partial charge on any atom is -0.395 e. The molecule has 1 aliphatic rings. The van der Waals surface area contributed by atoms with Crippen molar-refractivity contribution in [3.8, 4) is 0 Å². The maximum absolute atomic E-state index is 8.98. The van der Waals surface area contributed by atoms with Gasteiger partial charge < -0.3 is 10.8 Å². The van der Waals surface area contributed by atoms with Crippen LogP contribution in [0.5, 0.6) is 0 Å². The van der Waals surface area contributed by atoms with Crippen molar-refractivity contribution in [2.45, 2.75) is 19.9 Å². The first kappa shape index (κ1) is 14.2. The molecule has 0 unspecified atom stereocenters. The Labute approximate surface area is 114 Å². The van der Waals surface area contributed by atoms with Gasteiger partial charge in [0.1, 0.15) is 11.6 Å². The zero-order valence-corrected chi connectivity index (χ0v) is 11.5. The van der Waals surface area contributed by atoms with E-state index in [9.17, 15) is 0 Å². The standard InChI is InChI=1S/C13H23N5O/c1-11-9-12(14)16-13(15-11)10-18-4-2-3-17(5-6-18)7-8-19/h9,19H,2-8,10H2,1H3,(H2,14,15,16). The van der Waals surface area contributed by atoms with Gasteiger partial charge in [0.15, 0.2) is 0 Å². The molecular weight excluding hydrogens is 242 g/mol. The Kier molecular flexibility index (Phi) is 5.07.